The van der Waals surface area contributed by atoms with Crippen LogP contribution in [0.1, 0.15) is 386 Å². The molecule has 0 aliphatic rings. The molecule has 588 valence electrons. The van der Waals surface area contributed by atoms with Gasteiger partial charge in [0.2, 0.25) is 0 Å². The second kappa shape index (κ2) is 81.2. The average molecular weight is 1440 g/mol. The summed E-state index contributed by atoms with van der Waals surface area (Å²) in [5, 5.41) is 0. The number of ether oxygens (including phenoxy) is 2. The minimum absolute atomic E-state index is 0.0304. The van der Waals surface area contributed by atoms with Crippen molar-refractivity contribution in [3.8, 4) is 0 Å². The van der Waals surface area contributed by atoms with Gasteiger partial charge < -0.3 is 18.9 Å². The summed E-state index contributed by atoms with van der Waals surface area (Å²) in [6, 6.07) is 0. The molecule has 0 aromatic heterocycles. The highest BCUT2D eigenvalue weighted by molar-refractivity contribution is 7.47. The number of allylic oxidation sites excluding steroid dienone is 22. The van der Waals surface area contributed by atoms with Crippen LogP contribution in [0.5, 0.6) is 0 Å². The summed E-state index contributed by atoms with van der Waals surface area (Å²) in [6.45, 7) is 4.25. The topological polar surface area (TPSA) is 108 Å². The number of carbonyl (C=O) groups excluding carboxylic acids is 2. The number of quaternary nitrogens is 1. The Kier molecular flexibility index (Phi) is 78.2. The molecule has 0 aliphatic heterocycles. The molecule has 9 nitrogen and oxygen atoms in total. The number of unbranched alkanes of at least 4 members (excludes halogenated alkanes) is 43. The van der Waals surface area contributed by atoms with Crippen LogP contribution in [0.4, 0.5) is 0 Å². The first-order valence-electron chi connectivity index (χ1n) is 42.9. The third-order valence-electron chi connectivity index (χ3n) is 18.7. The summed E-state index contributed by atoms with van der Waals surface area (Å²) in [5.74, 6) is -0.782. The normalized spacial score (nSPS) is 13.7. The predicted octanol–water partition coefficient (Wildman–Crippen LogP) is 29.1. The Hall–Kier alpha value is -3.85. The minimum atomic E-state index is -4.40. The summed E-state index contributed by atoms with van der Waals surface area (Å²) in [5.41, 5.74) is 0. The number of phosphoric acid groups is 1. The first-order valence-corrected chi connectivity index (χ1v) is 44.4. The van der Waals surface area contributed by atoms with Gasteiger partial charge in [-0.3, -0.25) is 18.6 Å². The maximum atomic E-state index is 12.9. The average Bonchev–Trinajstić information content (AvgIpc) is 0.914. The molecule has 0 spiro atoms. The van der Waals surface area contributed by atoms with Gasteiger partial charge in [-0.15, -0.1) is 0 Å². The Morgan fingerprint density at radius 2 is 0.529 bits per heavy atom. The number of carbonyl (C=O) groups is 2. The first kappa shape index (κ1) is 98.2. The molecule has 102 heavy (non-hydrogen) atoms. The zero-order chi connectivity index (χ0) is 74.0. The van der Waals surface area contributed by atoms with E-state index < -0.39 is 26.5 Å². The molecule has 0 saturated heterocycles. The van der Waals surface area contributed by atoms with E-state index in [1.807, 2.05) is 21.1 Å². The molecular formula is C92H163NO8P+. The van der Waals surface area contributed by atoms with Crippen molar-refractivity contribution in [3.63, 3.8) is 0 Å². The van der Waals surface area contributed by atoms with Crippen LogP contribution < -0.4 is 0 Å². The Bertz CT molecular complexity index is 2190. The highest BCUT2D eigenvalue weighted by Crippen LogP contribution is 2.43. The third-order valence-corrected chi connectivity index (χ3v) is 19.7. The van der Waals surface area contributed by atoms with E-state index in [0.29, 0.717) is 17.4 Å². The van der Waals surface area contributed by atoms with Crippen LogP contribution in [0.25, 0.3) is 0 Å². The van der Waals surface area contributed by atoms with Crippen LogP contribution in [0.2, 0.25) is 0 Å². The molecule has 0 heterocycles. The van der Waals surface area contributed by atoms with Crippen LogP contribution in [0, 0.1) is 0 Å². The zero-order valence-electron chi connectivity index (χ0n) is 67.3. The van der Waals surface area contributed by atoms with Gasteiger partial charge in [-0.05, 0) is 109 Å². The van der Waals surface area contributed by atoms with E-state index in [-0.39, 0.29) is 32.0 Å². The fourth-order valence-electron chi connectivity index (χ4n) is 12.2. The molecule has 0 fully saturated rings. The van der Waals surface area contributed by atoms with Gasteiger partial charge in [0.15, 0.2) is 6.10 Å². The number of hydrogen-bond acceptors (Lipinski definition) is 7. The van der Waals surface area contributed by atoms with Crippen molar-refractivity contribution in [2.45, 2.75) is 392 Å². The molecule has 0 rings (SSSR count). The second-order valence-electron chi connectivity index (χ2n) is 29.8. The maximum Gasteiger partial charge on any atom is 0.472 e. The predicted molar refractivity (Wildman–Crippen MR) is 445 cm³/mol. The number of rotatable bonds is 79. The van der Waals surface area contributed by atoms with Crippen LogP contribution in [-0.4, -0.2) is 74.9 Å². The van der Waals surface area contributed by atoms with Crippen molar-refractivity contribution in [2.24, 2.45) is 0 Å². The Morgan fingerprint density at radius 1 is 0.304 bits per heavy atom. The minimum Gasteiger partial charge on any atom is -0.462 e. The number of esters is 2. The van der Waals surface area contributed by atoms with Gasteiger partial charge in [-0.25, -0.2) is 4.57 Å². The van der Waals surface area contributed by atoms with E-state index in [1.54, 1.807) is 0 Å². The quantitative estimate of drug-likeness (QED) is 0.0211. The lowest BCUT2D eigenvalue weighted by Crippen LogP contribution is -2.37. The van der Waals surface area contributed by atoms with Gasteiger partial charge in [0.25, 0.3) is 0 Å². The van der Waals surface area contributed by atoms with E-state index in [0.717, 1.165) is 103 Å². The van der Waals surface area contributed by atoms with E-state index >= 15 is 0 Å². The lowest BCUT2D eigenvalue weighted by Gasteiger charge is -2.24. The summed E-state index contributed by atoms with van der Waals surface area (Å²) in [7, 11) is 1.49. The molecule has 2 atom stereocenters. The number of likely N-dealkylation sites (N-methyl/N-ethyl adjacent to an activating group) is 1. The van der Waals surface area contributed by atoms with Gasteiger partial charge in [-0.2, -0.15) is 0 Å². The number of phosphoric ester groups is 1. The Labute approximate surface area is 631 Å². The number of nitrogens with zero attached hydrogens (tertiary/aromatic N) is 1. The van der Waals surface area contributed by atoms with Gasteiger partial charge in [0, 0.05) is 12.8 Å². The smallest absolute Gasteiger partial charge is 0.462 e. The zero-order valence-corrected chi connectivity index (χ0v) is 68.2. The summed E-state index contributed by atoms with van der Waals surface area (Å²) in [6.07, 6.45) is 119. The fourth-order valence-corrected chi connectivity index (χ4v) is 13.0. The molecular weight excluding hydrogens is 1280 g/mol. The summed E-state index contributed by atoms with van der Waals surface area (Å²) < 4.78 is 34.9. The molecule has 0 saturated carbocycles. The second-order valence-corrected chi connectivity index (χ2v) is 31.3. The lowest BCUT2D eigenvalue weighted by molar-refractivity contribution is -0.870. The first-order chi connectivity index (χ1) is 50.0. The molecule has 0 radical (unpaired) electrons. The van der Waals surface area contributed by atoms with E-state index in [9.17, 15) is 19.0 Å². The van der Waals surface area contributed by atoms with Crippen molar-refractivity contribution in [1.29, 1.82) is 0 Å². The van der Waals surface area contributed by atoms with Crippen LogP contribution in [0.15, 0.2) is 134 Å². The van der Waals surface area contributed by atoms with Crippen molar-refractivity contribution in [2.75, 3.05) is 47.5 Å². The van der Waals surface area contributed by atoms with Gasteiger partial charge in [0.1, 0.15) is 19.8 Å². The van der Waals surface area contributed by atoms with Crippen molar-refractivity contribution >= 4 is 19.8 Å². The van der Waals surface area contributed by atoms with Crippen LogP contribution in [-0.2, 0) is 32.7 Å². The lowest BCUT2D eigenvalue weighted by atomic mass is 10.0. The molecule has 0 amide bonds. The van der Waals surface area contributed by atoms with Gasteiger partial charge in [0.05, 0.1) is 27.7 Å². The van der Waals surface area contributed by atoms with Gasteiger partial charge in [-0.1, -0.05) is 398 Å². The van der Waals surface area contributed by atoms with Crippen LogP contribution >= 0.6 is 7.82 Å². The van der Waals surface area contributed by atoms with E-state index in [4.69, 9.17) is 18.5 Å². The number of hydrogen-bond donors (Lipinski definition) is 1. The molecule has 10 heteroatoms. The van der Waals surface area contributed by atoms with E-state index in [2.05, 4.69) is 148 Å². The molecule has 0 aromatic carbocycles. The monoisotopic (exact) mass is 1440 g/mol. The third kappa shape index (κ3) is 85.1. The summed E-state index contributed by atoms with van der Waals surface area (Å²) in [4.78, 5) is 36.1. The Balaban J connectivity index is 3.91. The summed E-state index contributed by atoms with van der Waals surface area (Å²) >= 11 is 0. The molecule has 0 bridgehead atoms. The van der Waals surface area contributed by atoms with Crippen molar-refractivity contribution < 1.29 is 42.1 Å². The maximum absolute atomic E-state index is 12.9. The molecule has 0 aromatic rings. The standard InChI is InChI=1S/C92H162NO8P/c1-6-8-10-12-14-16-18-20-22-24-26-28-30-32-34-36-38-40-42-44-46-48-50-52-54-56-58-60-62-64-66-68-70-72-74-76-78-80-82-84-91(94)98-88-90(89-100-102(96,97)99-87-86-93(3,4)5)101-92(95)85-83-81-79-77-75-73-71-69-67-65-63-61-59-57-55-53-51-49-47-45-43-41-39-37-35-33-31-29-27-25-23-21-19-17-15-13-11-9-7-2/h8-11,14-17,20-23,26-29,33,35,39,41,45,47,90H,6-7,12-13,18-19,24-25,30-32,34,36-38,40,42-44,46,48-89H2,1-5H3/p+1/b10-8-,11-9-,16-14-,17-15-,22-20-,23-21-,28-26-,29-27-,35-33-,41-39-,47-45-. The van der Waals surface area contributed by atoms with E-state index in [1.165, 1.54) is 250 Å². The highest BCUT2D eigenvalue weighted by atomic mass is 31.2. The van der Waals surface area contributed by atoms with Gasteiger partial charge >= 0.3 is 19.8 Å². The largest absolute Gasteiger partial charge is 0.472 e. The highest BCUT2D eigenvalue weighted by Gasteiger charge is 2.27. The SMILES string of the molecule is CC/C=C\C/C=C\C/C=C\C/C=C\C/C=C\C/C=C\C/C=C\CCCCCCCCCCCCCCCCCCCC(=O)OC(COC(=O)CCCCCCCCCCCCCCCCCCCCCCCCCCCC/C=C\C/C=C\C/C=C\C/C=C\CC)COP(=O)(O)OCC[N+](C)(C)C. The van der Waals surface area contributed by atoms with Crippen LogP contribution in [0.3, 0.4) is 0 Å². The molecule has 0 aliphatic carbocycles. The Morgan fingerprint density at radius 3 is 0.784 bits per heavy atom. The van der Waals surface area contributed by atoms with Crippen molar-refractivity contribution in [1.82, 2.24) is 0 Å². The fraction of sp³-hybridized carbons (Fsp3) is 0.739. The molecule has 1 N–H and O–H groups in total. The van der Waals surface area contributed by atoms with Crippen molar-refractivity contribution in [3.05, 3.63) is 134 Å². The molecule has 2 unspecified atom stereocenters.